The highest BCUT2D eigenvalue weighted by Crippen LogP contribution is 2.20. The van der Waals surface area contributed by atoms with Crippen LogP contribution in [0.2, 0.25) is 0 Å². The van der Waals surface area contributed by atoms with Crippen molar-refractivity contribution in [3.63, 3.8) is 0 Å². The lowest BCUT2D eigenvalue weighted by Crippen LogP contribution is -2.36. The molecule has 0 aliphatic rings. The minimum Gasteiger partial charge on any atom is -0.408 e. The predicted molar refractivity (Wildman–Crippen MR) is 105 cm³/mol. The van der Waals surface area contributed by atoms with Gasteiger partial charge in [-0.1, -0.05) is 25.1 Å². The van der Waals surface area contributed by atoms with E-state index in [-0.39, 0.29) is 23.3 Å². The molecule has 1 heterocycles. The fourth-order valence-electron chi connectivity index (χ4n) is 2.84. The first-order valence-corrected chi connectivity index (χ1v) is 8.81. The number of nitrogens with zero attached hydrogens (tertiary/aromatic N) is 2. The normalized spacial score (nSPS) is 10.7. The second-order valence-corrected chi connectivity index (χ2v) is 6.20. The summed E-state index contributed by atoms with van der Waals surface area (Å²) in [7, 11) is 0. The Bertz CT molecular complexity index is 1150. The van der Waals surface area contributed by atoms with E-state index < -0.39 is 29.0 Å². The number of nitro groups is 1. The molecule has 3 rings (SSSR count). The molecular formula is C19H18N4O6. The fourth-order valence-corrected chi connectivity index (χ4v) is 2.84. The van der Waals surface area contributed by atoms with Gasteiger partial charge in [-0.05, 0) is 24.1 Å². The number of hydrogen-bond donors (Lipinski definition) is 2. The molecule has 2 amide bonds. The molecule has 0 saturated carbocycles. The van der Waals surface area contributed by atoms with E-state index in [0.29, 0.717) is 5.69 Å². The predicted octanol–water partition coefficient (Wildman–Crippen LogP) is 1.82. The first-order chi connectivity index (χ1) is 13.9. The van der Waals surface area contributed by atoms with Gasteiger partial charge in [-0.3, -0.25) is 24.3 Å². The molecule has 2 N–H and O–H groups in total. The van der Waals surface area contributed by atoms with Crippen LogP contribution in [0.1, 0.15) is 12.5 Å². The molecule has 1 aromatic heterocycles. The Kier molecular flexibility index (Phi) is 5.72. The largest absolute Gasteiger partial charge is 0.420 e. The summed E-state index contributed by atoms with van der Waals surface area (Å²) in [5, 5.41) is 16.1. The Morgan fingerprint density at radius 1 is 1.17 bits per heavy atom. The molecule has 0 radical (unpaired) electrons. The molecule has 2 aromatic carbocycles. The summed E-state index contributed by atoms with van der Waals surface area (Å²) in [5.74, 6) is -1.85. The van der Waals surface area contributed by atoms with Crippen molar-refractivity contribution < 1.29 is 18.9 Å². The molecule has 0 aliphatic carbocycles. The minimum absolute atomic E-state index is 0.126. The van der Waals surface area contributed by atoms with E-state index in [1.807, 2.05) is 19.1 Å². The van der Waals surface area contributed by atoms with Crippen molar-refractivity contribution in [2.24, 2.45) is 0 Å². The van der Waals surface area contributed by atoms with Crippen LogP contribution in [0.5, 0.6) is 0 Å². The van der Waals surface area contributed by atoms with Gasteiger partial charge < -0.3 is 15.1 Å². The van der Waals surface area contributed by atoms with Crippen molar-refractivity contribution in [1.82, 2.24) is 9.88 Å². The van der Waals surface area contributed by atoms with Crippen molar-refractivity contribution in [1.29, 1.82) is 0 Å². The SMILES string of the molecule is CCc1ccccc1NC(=O)CNC(=O)Cn1c(=O)oc2ccc([N+](=O)[O-])cc21. The fraction of sp³-hybridized carbons (Fsp3) is 0.211. The van der Waals surface area contributed by atoms with Crippen molar-refractivity contribution in [2.45, 2.75) is 19.9 Å². The number of non-ortho nitro benzene ring substituents is 1. The molecule has 0 bridgehead atoms. The number of anilines is 1. The summed E-state index contributed by atoms with van der Waals surface area (Å²) in [6.45, 7) is 1.23. The van der Waals surface area contributed by atoms with Crippen LogP contribution in [0.25, 0.3) is 11.1 Å². The van der Waals surface area contributed by atoms with Crippen LogP contribution in [-0.4, -0.2) is 27.8 Å². The summed E-state index contributed by atoms with van der Waals surface area (Å²) < 4.78 is 5.96. The molecule has 0 fully saturated rings. The molecule has 0 unspecified atom stereocenters. The van der Waals surface area contributed by atoms with Gasteiger partial charge in [0, 0.05) is 17.8 Å². The zero-order chi connectivity index (χ0) is 21.0. The molecule has 10 heteroatoms. The molecule has 29 heavy (non-hydrogen) atoms. The topological polar surface area (TPSA) is 136 Å². The van der Waals surface area contributed by atoms with E-state index in [2.05, 4.69) is 10.6 Å². The van der Waals surface area contributed by atoms with Gasteiger partial charge in [-0.2, -0.15) is 0 Å². The zero-order valence-electron chi connectivity index (χ0n) is 15.5. The minimum atomic E-state index is -0.822. The lowest BCUT2D eigenvalue weighted by Gasteiger charge is -2.10. The molecule has 0 aliphatic heterocycles. The number of carbonyl (C=O) groups excluding carboxylic acids is 2. The second-order valence-electron chi connectivity index (χ2n) is 6.20. The number of nitrogens with one attached hydrogen (secondary N) is 2. The van der Waals surface area contributed by atoms with E-state index in [1.165, 1.54) is 12.1 Å². The first kappa shape index (κ1) is 19.8. The third kappa shape index (κ3) is 4.49. The lowest BCUT2D eigenvalue weighted by atomic mass is 10.1. The summed E-state index contributed by atoms with van der Waals surface area (Å²) >= 11 is 0. The Balaban J connectivity index is 1.66. The van der Waals surface area contributed by atoms with Crippen molar-refractivity contribution in [3.05, 3.63) is 68.7 Å². The average Bonchev–Trinajstić information content (AvgIpc) is 3.01. The number of para-hydroxylation sites is 1. The monoisotopic (exact) mass is 398 g/mol. The van der Waals surface area contributed by atoms with Crippen LogP contribution in [0.3, 0.4) is 0 Å². The standard InChI is InChI=1S/C19H18N4O6/c1-2-12-5-3-4-6-14(12)21-17(24)10-20-18(25)11-22-15-9-13(23(27)28)7-8-16(15)29-19(22)26/h3-9H,2,10-11H2,1H3,(H,20,25)(H,21,24). The quantitative estimate of drug-likeness (QED) is 0.460. The molecule has 150 valence electrons. The van der Waals surface area contributed by atoms with Crippen LogP contribution < -0.4 is 16.4 Å². The lowest BCUT2D eigenvalue weighted by molar-refractivity contribution is -0.384. The number of benzene rings is 2. The summed E-state index contributed by atoms with van der Waals surface area (Å²) in [6.07, 6.45) is 0.741. The van der Waals surface area contributed by atoms with E-state index >= 15 is 0 Å². The zero-order valence-corrected chi connectivity index (χ0v) is 15.5. The third-order valence-corrected chi connectivity index (χ3v) is 4.28. The maximum absolute atomic E-state index is 12.2. The second kappa shape index (κ2) is 8.38. The highest BCUT2D eigenvalue weighted by molar-refractivity contribution is 5.95. The average molecular weight is 398 g/mol. The number of carbonyl (C=O) groups is 2. The van der Waals surface area contributed by atoms with E-state index in [1.54, 1.807) is 12.1 Å². The number of nitro benzene ring substituents is 1. The smallest absolute Gasteiger partial charge is 0.408 e. The van der Waals surface area contributed by atoms with E-state index in [0.717, 1.165) is 22.6 Å². The summed E-state index contributed by atoms with van der Waals surface area (Å²) in [6, 6.07) is 11.0. The highest BCUT2D eigenvalue weighted by Gasteiger charge is 2.17. The maximum atomic E-state index is 12.2. The van der Waals surface area contributed by atoms with Gasteiger partial charge in [0.05, 0.1) is 17.0 Å². The van der Waals surface area contributed by atoms with E-state index in [4.69, 9.17) is 4.42 Å². The van der Waals surface area contributed by atoms with Crippen molar-refractivity contribution in [2.75, 3.05) is 11.9 Å². The van der Waals surface area contributed by atoms with Crippen LogP contribution in [-0.2, 0) is 22.6 Å². The number of oxazole rings is 1. The Labute approximate surface area is 164 Å². The number of fused-ring (bicyclic) bond motifs is 1. The van der Waals surface area contributed by atoms with Crippen molar-refractivity contribution in [3.8, 4) is 0 Å². The first-order valence-electron chi connectivity index (χ1n) is 8.81. The van der Waals surface area contributed by atoms with Crippen LogP contribution in [0, 0.1) is 10.1 Å². The molecule has 0 saturated heterocycles. The molecular weight excluding hydrogens is 380 g/mol. The molecule has 10 nitrogen and oxygen atoms in total. The summed E-state index contributed by atoms with van der Waals surface area (Å²) in [4.78, 5) is 46.6. The number of amides is 2. The van der Waals surface area contributed by atoms with Crippen LogP contribution in [0.4, 0.5) is 11.4 Å². The number of hydrogen-bond acceptors (Lipinski definition) is 6. The number of aryl methyl sites for hydroxylation is 1. The highest BCUT2D eigenvalue weighted by atomic mass is 16.6. The molecule has 0 spiro atoms. The number of rotatable bonds is 7. The molecule has 0 atom stereocenters. The van der Waals surface area contributed by atoms with Gasteiger partial charge in [0.2, 0.25) is 11.8 Å². The van der Waals surface area contributed by atoms with Gasteiger partial charge in [-0.15, -0.1) is 0 Å². The Hall–Kier alpha value is -3.95. The van der Waals surface area contributed by atoms with Gasteiger partial charge in [0.25, 0.3) is 5.69 Å². The van der Waals surface area contributed by atoms with Gasteiger partial charge in [0.1, 0.15) is 6.54 Å². The Morgan fingerprint density at radius 3 is 2.66 bits per heavy atom. The van der Waals surface area contributed by atoms with Crippen molar-refractivity contribution >= 4 is 34.3 Å². The van der Waals surface area contributed by atoms with Gasteiger partial charge >= 0.3 is 5.76 Å². The van der Waals surface area contributed by atoms with Gasteiger partial charge in [-0.25, -0.2) is 4.79 Å². The van der Waals surface area contributed by atoms with Crippen LogP contribution >= 0.6 is 0 Å². The van der Waals surface area contributed by atoms with Crippen LogP contribution in [0.15, 0.2) is 51.7 Å². The van der Waals surface area contributed by atoms with E-state index in [9.17, 15) is 24.5 Å². The third-order valence-electron chi connectivity index (χ3n) is 4.28. The van der Waals surface area contributed by atoms with Gasteiger partial charge in [0.15, 0.2) is 5.58 Å². The number of aromatic nitrogens is 1. The molecule has 3 aromatic rings. The summed E-state index contributed by atoms with van der Waals surface area (Å²) in [5.41, 5.74) is 1.65. The maximum Gasteiger partial charge on any atom is 0.420 e. The Morgan fingerprint density at radius 2 is 1.93 bits per heavy atom.